The lowest BCUT2D eigenvalue weighted by atomic mass is 10.1. The van der Waals surface area contributed by atoms with Crippen molar-refractivity contribution in [1.82, 2.24) is 39.6 Å². The van der Waals surface area contributed by atoms with Crippen LogP contribution >= 0.6 is 0 Å². The first-order valence-electron chi connectivity index (χ1n) is 9.22. The molecule has 0 radical (unpaired) electrons. The van der Waals surface area contributed by atoms with E-state index in [-0.39, 0.29) is 17.8 Å². The molecule has 11 heteroatoms. The number of aryl methyl sites for hydroxylation is 2. The Balaban J connectivity index is 1.51. The Labute approximate surface area is 166 Å². The van der Waals surface area contributed by atoms with E-state index in [9.17, 15) is 9.18 Å². The summed E-state index contributed by atoms with van der Waals surface area (Å²) < 4.78 is 17.5. The summed E-state index contributed by atoms with van der Waals surface area (Å²) in [5.41, 5.74) is 0.642. The zero-order valence-electron chi connectivity index (χ0n) is 16.4. The number of likely N-dealkylation sites (N-methyl/N-ethyl adjacent to an activating group) is 1. The number of rotatable bonds is 3. The van der Waals surface area contributed by atoms with Gasteiger partial charge in [0.25, 0.3) is 0 Å². The van der Waals surface area contributed by atoms with Crippen LogP contribution in [0.2, 0.25) is 0 Å². The molecule has 3 heterocycles. The minimum Gasteiger partial charge on any atom is -0.337 e. The van der Waals surface area contributed by atoms with Gasteiger partial charge in [-0.2, -0.15) is 4.68 Å². The van der Waals surface area contributed by atoms with Crippen LogP contribution in [-0.4, -0.2) is 72.3 Å². The van der Waals surface area contributed by atoms with Crippen molar-refractivity contribution in [2.45, 2.75) is 13.0 Å². The summed E-state index contributed by atoms with van der Waals surface area (Å²) in [6.07, 6.45) is 3.65. The van der Waals surface area contributed by atoms with Gasteiger partial charge in [0, 0.05) is 44.8 Å². The fourth-order valence-electron chi connectivity index (χ4n) is 3.44. The van der Waals surface area contributed by atoms with Crippen LogP contribution in [0.15, 0.2) is 30.6 Å². The van der Waals surface area contributed by atoms with Gasteiger partial charge >= 0.3 is 6.03 Å². The molecular formula is C18H22FN9O. The van der Waals surface area contributed by atoms with Crippen molar-refractivity contribution < 1.29 is 9.18 Å². The third-order valence-corrected chi connectivity index (χ3v) is 5.14. The van der Waals surface area contributed by atoms with Gasteiger partial charge in [0.05, 0.1) is 6.04 Å². The molecule has 0 bridgehead atoms. The predicted octanol–water partition coefficient (Wildman–Crippen LogP) is 1.36. The van der Waals surface area contributed by atoms with Crippen LogP contribution in [0.4, 0.5) is 14.9 Å². The van der Waals surface area contributed by atoms with Crippen molar-refractivity contribution in [3.8, 4) is 5.69 Å². The normalized spacial score (nSPS) is 17.5. The Kier molecular flexibility index (Phi) is 4.97. The van der Waals surface area contributed by atoms with Crippen molar-refractivity contribution >= 4 is 11.7 Å². The number of halogens is 1. The van der Waals surface area contributed by atoms with Crippen LogP contribution in [0, 0.1) is 12.7 Å². The first-order chi connectivity index (χ1) is 13.9. The lowest BCUT2D eigenvalue weighted by molar-refractivity contribution is 0.110. The number of tetrazole rings is 1. The largest absolute Gasteiger partial charge is 0.337 e. The van der Waals surface area contributed by atoms with Crippen molar-refractivity contribution in [3.05, 3.63) is 48.1 Å². The summed E-state index contributed by atoms with van der Waals surface area (Å²) in [7, 11) is 3.96. The number of nitrogens with one attached hydrogen (secondary N) is 1. The van der Waals surface area contributed by atoms with Crippen LogP contribution in [0.5, 0.6) is 0 Å². The second-order valence-electron chi connectivity index (χ2n) is 7.07. The number of nitrogens with zero attached hydrogens (tertiary/aromatic N) is 8. The Hall–Kier alpha value is -3.34. The quantitative estimate of drug-likeness (QED) is 0.714. The van der Waals surface area contributed by atoms with Crippen molar-refractivity contribution in [1.29, 1.82) is 0 Å². The van der Waals surface area contributed by atoms with E-state index in [0.29, 0.717) is 24.6 Å². The number of hydrogen-bond acceptors (Lipinski definition) is 6. The first-order valence-corrected chi connectivity index (χ1v) is 9.22. The molecule has 4 rings (SSSR count). The van der Waals surface area contributed by atoms with E-state index in [0.717, 1.165) is 12.4 Å². The first kappa shape index (κ1) is 19.0. The fourth-order valence-corrected chi connectivity index (χ4v) is 3.44. The monoisotopic (exact) mass is 399 g/mol. The van der Waals surface area contributed by atoms with E-state index in [4.69, 9.17) is 0 Å². The molecular weight excluding hydrogens is 377 g/mol. The molecule has 1 N–H and O–H groups in total. The van der Waals surface area contributed by atoms with E-state index in [2.05, 4.69) is 30.7 Å². The average molecular weight is 399 g/mol. The topological polar surface area (TPSA) is 97.0 Å². The van der Waals surface area contributed by atoms with Crippen molar-refractivity contribution in [2.75, 3.05) is 32.0 Å². The van der Waals surface area contributed by atoms with Gasteiger partial charge in [0.1, 0.15) is 17.3 Å². The van der Waals surface area contributed by atoms with Gasteiger partial charge in [0.15, 0.2) is 5.82 Å². The number of benzene rings is 1. The second-order valence-corrected chi connectivity index (χ2v) is 7.07. The maximum Gasteiger partial charge on any atom is 0.321 e. The van der Waals surface area contributed by atoms with Gasteiger partial charge in [-0.3, -0.25) is 4.90 Å². The lowest BCUT2D eigenvalue weighted by Gasteiger charge is -2.38. The zero-order valence-corrected chi connectivity index (χ0v) is 16.4. The summed E-state index contributed by atoms with van der Waals surface area (Å²) in [4.78, 5) is 21.2. The highest BCUT2D eigenvalue weighted by Gasteiger charge is 2.30. The van der Waals surface area contributed by atoms with Crippen LogP contribution in [-0.2, 0) is 7.05 Å². The Morgan fingerprint density at radius 2 is 2.10 bits per heavy atom. The summed E-state index contributed by atoms with van der Waals surface area (Å²) in [5, 5.41) is 13.9. The molecule has 0 unspecified atom stereocenters. The van der Waals surface area contributed by atoms with E-state index < -0.39 is 5.82 Å². The molecule has 29 heavy (non-hydrogen) atoms. The number of piperazine rings is 1. The number of amides is 2. The Morgan fingerprint density at radius 1 is 1.28 bits per heavy atom. The number of urea groups is 1. The molecule has 0 spiro atoms. The molecule has 0 saturated carbocycles. The number of aromatic nitrogens is 6. The van der Waals surface area contributed by atoms with Crippen LogP contribution in [0.1, 0.15) is 17.7 Å². The zero-order chi connectivity index (χ0) is 20.5. The molecule has 1 atom stereocenters. The van der Waals surface area contributed by atoms with E-state index in [1.807, 2.05) is 24.9 Å². The maximum absolute atomic E-state index is 14.2. The summed E-state index contributed by atoms with van der Waals surface area (Å²) in [6, 6.07) is 4.07. The second kappa shape index (κ2) is 7.59. The van der Waals surface area contributed by atoms with Gasteiger partial charge in [-0.05, 0) is 42.6 Å². The van der Waals surface area contributed by atoms with Gasteiger partial charge in [0.2, 0.25) is 0 Å². The molecule has 2 aromatic heterocycles. The SMILES string of the molecule is Cc1nnnn1-c1cc(NC(=O)N2CCN(C)[C@H](c3nccn3C)C2)ccc1F. The minimum atomic E-state index is -0.479. The molecule has 2 amide bonds. The van der Waals surface area contributed by atoms with Crippen LogP contribution < -0.4 is 5.32 Å². The number of hydrogen-bond donors (Lipinski definition) is 1. The molecule has 10 nitrogen and oxygen atoms in total. The fraction of sp³-hybridized carbons (Fsp3) is 0.389. The average Bonchev–Trinajstić information content (AvgIpc) is 3.32. The number of imidazole rings is 1. The standard InChI is InChI=1S/C18H22FN9O/c1-12-22-23-24-28(12)15-10-13(4-5-14(15)19)21-18(29)27-9-8-25(2)16(11-27)17-20-6-7-26(17)3/h4-7,10,16H,8-9,11H2,1-3H3,(H,21,29)/t16-/m0/s1. The van der Waals surface area contributed by atoms with Crippen molar-refractivity contribution in [3.63, 3.8) is 0 Å². The third kappa shape index (κ3) is 3.68. The highest BCUT2D eigenvalue weighted by Crippen LogP contribution is 2.24. The summed E-state index contributed by atoms with van der Waals surface area (Å²) in [5.74, 6) is 0.875. The highest BCUT2D eigenvalue weighted by molar-refractivity contribution is 5.89. The molecule has 1 aromatic carbocycles. The molecule has 1 aliphatic heterocycles. The van der Waals surface area contributed by atoms with E-state index in [1.165, 1.54) is 22.9 Å². The third-order valence-electron chi connectivity index (χ3n) is 5.14. The molecule has 3 aromatic rings. The smallest absolute Gasteiger partial charge is 0.321 e. The minimum absolute atomic E-state index is 0.00199. The molecule has 1 aliphatic rings. The number of anilines is 1. The highest BCUT2D eigenvalue weighted by atomic mass is 19.1. The van der Waals surface area contributed by atoms with Gasteiger partial charge in [-0.25, -0.2) is 14.2 Å². The molecule has 1 saturated heterocycles. The number of carbonyl (C=O) groups excluding carboxylic acids is 1. The molecule has 1 fully saturated rings. The van der Waals surface area contributed by atoms with Crippen molar-refractivity contribution in [2.24, 2.45) is 7.05 Å². The van der Waals surface area contributed by atoms with Crippen LogP contribution in [0.25, 0.3) is 5.69 Å². The van der Waals surface area contributed by atoms with Crippen LogP contribution in [0.3, 0.4) is 0 Å². The number of carbonyl (C=O) groups is 1. The summed E-state index contributed by atoms with van der Waals surface area (Å²) >= 11 is 0. The summed E-state index contributed by atoms with van der Waals surface area (Å²) in [6.45, 7) is 3.49. The van der Waals surface area contributed by atoms with E-state index >= 15 is 0 Å². The predicted molar refractivity (Wildman–Crippen MR) is 103 cm³/mol. The van der Waals surface area contributed by atoms with E-state index in [1.54, 1.807) is 18.0 Å². The van der Waals surface area contributed by atoms with Gasteiger partial charge in [-0.15, -0.1) is 5.10 Å². The van der Waals surface area contributed by atoms with Gasteiger partial charge < -0.3 is 14.8 Å². The lowest BCUT2D eigenvalue weighted by Crippen LogP contribution is -2.50. The van der Waals surface area contributed by atoms with Gasteiger partial charge in [-0.1, -0.05) is 0 Å². The molecule has 0 aliphatic carbocycles. The Bertz CT molecular complexity index is 1030. The molecule has 152 valence electrons. The Morgan fingerprint density at radius 3 is 2.79 bits per heavy atom. The maximum atomic E-state index is 14.2.